The van der Waals surface area contributed by atoms with Gasteiger partial charge in [-0.2, -0.15) is 0 Å². The van der Waals surface area contributed by atoms with Crippen LogP contribution in [0, 0.1) is 0 Å². The Morgan fingerprint density at radius 1 is 1.04 bits per heavy atom. The van der Waals surface area contributed by atoms with E-state index in [0.717, 1.165) is 5.69 Å². The summed E-state index contributed by atoms with van der Waals surface area (Å²) in [6.45, 7) is 0.376. The molecule has 1 amide bonds. The number of cyclic esters (lactones) is 1. The number of hydrogen-bond donors (Lipinski definition) is 1. The smallest absolute Gasteiger partial charge is 0.414 e. The Labute approximate surface area is 141 Å². The highest BCUT2D eigenvalue weighted by atomic mass is 32.2. The molecular weight excluding hydrogens is 328 g/mol. The summed E-state index contributed by atoms with van der Waals surface area (Å²) in [5, 5.41) is 0. The molecule has 0 saturated carbocycles. The summed E-state index contributed by atoms with van der Waals surface area (Å²) in [4.78, 5) is 13.4. The van der Waals surface area contributed by atoms with E-state index >= 15 is 0 Å². The minimum atomic E-state index is -3.48. The molecule has 7 heteroatoms. The number of ether oxygens (including phenoxy) is 1. The second-order valence-corrected chi connectivity index (χ2v) is 7.35. The number of carbonyl (C=O) groups excluding carboxylic acids is 1. The Kier molecular flexibility index (Phi) is 4.82. The SMILES string of the molecule is O=C1OC(CNS(=O)(=O)Cc2ccccc2)CN1c1ccccc1. The van der Waals surface area contributed by atoms with E-state index in [9.17, 15) is 13.2 Å². The van der Waals surface area contributed by atoms with Crippen LogP contribution in [0.4, 0.5) is 10.5 Å². The lowest BCUT2D eigenvalue weighted by Gasteiger charge is -2.13. The van der Waals surface area contributed by atoms with E-state index < -0.39 is 22.2 Å². The lowest BCUT2D eigenvalue weighted by atomic mass is 10.2. The first-order valence-electron chi connectivity index (χ1n) is 7.58. The first-order valence-corrected chi connectivity index (χ1v) is 9.23. The van der Waals surface area contributed by atoms with Crippen molar-refractivity contribution in [1.82, 2.24) is 4.72 Å². The van der Waals surface area contributed by atoms with Gasteiger partial charge in [-0.15, -0.1) is 0 Å². The van der Waals surface area contributed by atoms with Crippen LogP contribution in [0.25, 0.3) is 0 Å². The van der Waals surface area contributed by atoms with Crippen LogP contribution >= 0.6 is 0 Å². The molecule has 1 fully saturated rings. The lowest BCUT2D eigenvalue weighted by molar-refractivity contribution is 0.143. The Balaban J connectivity index is 1.57. The molecule has 0 aromatic heterocycles. The van der Waals surface area contributed by atoms with Crippen LogP contribution in [-0.4, -0.2) is 33.7 Å². The zero-order valence-electron chi connectivity index (χ0n) is 13.0. The van der Waals surface area contributed by atoms with Gasteiger partial charge in [0, 0.05) is 12.2 Å². The van der Waals surface area contributed by atoms with Crippen molar-refractivity contribution in [2.75, 3.05) is 18.0 Å². The van der Waals surface area contributed by atoms with Gasteiger partial charge in [0.2, 0.25) is 10.0 Å². The molecule has 3 rings (SSSR count). The Hall–Kier alpha value is -2.38. The molecule has 0 spiro atoms. The zero-order valence-corrected chi connectivity index (χ0v) is 13.8. The average molecular weight is 346 g/mol. The van der Waals surface area contributed by atoms with Gasteiger partial charge in [0.15, 0.2) is 0 Å². The molecule has 0 radical (unpaired) electrons. The number of para-hydroxylation sites is 1. The second-order valence-electron chi connectivity index (χ2n) is 5.55. The van der Waals surface area contributed by atoms with E-state index in [1.54, 1.807) is 24.3 Å². The normalized spacial score (nSPS) is 17.8. The molecule has 1 unspecified atom stereocenters. The van der Waals surface area contributed by atoms with Crippen molar-refractivity contribution in [2.24, 2.45) is 0 Å². The number of hydrogen-bond acceptors (Lipinski definition) is 4. The summed E-state index contributed by atoms with van der Waals surface area (Å²) in [5.74, 6) is -0.100. The Bertz CT molecular complexity index is 794. The molecule has 2 aromatic carbocycles. The number of anilines is 1. The van der Waals surface area contributed by atoms with E-state index in [-0.39, 0.29) is 12.3 Å². The first-order chi connectivity index (χ1) is 11.5. The van der Waals surface area contributed by atoms with Gasteiger partial charge >= 0.3 is 6.09 Å². The molecule has 1 N–H and O–H groups in total. The highest BCUT2D eigenvalue weighted by Crippen LogP contribution is 2.20. The summed E-state index contributed by atoms with van der Waals surface area (Å²) in [5.41, 5.74) is 1.44. The quantitative estimate of drug-likeness (QED) is 0.869. The van der Waals surface area contributed by atoms with Crippen LogP contribution in [0.15, 0.2) is 60.7 Å². The van der Waals surface area contributed by atoms with E-state index in [1.807, 2.05) is 36.4 Å². The maximum atomic E-state index is 12.1. The van der Waals surface area contributed by atoms with Crippen LogP contribution in [-0.2, 0) is 20.5 Å². The summed E-state index contributed by atoms with van der Waals surface area (Å²) < 4.78 is 32.0. The molecule has 2 aromatic rings. The Morgan fingerprint density at radius 2 is 1.67 bits per heavy atom. The number of sulfonamides is 1. The number of nitrogens with one attached hydrogen (secondary N) is 1. The third kappa shape index (κ3) is 4.12. The third-order valence-electron chi connectivity index (χ3n) is 3.67. The van der Waals surface area contributed by atoms with Gasteiger partial charge in [-0.3, -0.25) is 4.90 Å². The molecule has 6 nitrogen and oxygen atoms in total. The van der Waals surface area contributed by atoms with Crippen molar-refractivity contribution < 1.29 is 17.9 Å². The summed E-state index contributed by atoms with van der Waals surface area (Å²) in [7, 11) is -3.48. The fourth-order valence-corrected chi connectivity index (χ4v) is 3.68. The molecule has 0 bridgehead atoms. The third-order valence-corrected chi connectivity index (χ3v) is 4.99. The van der Waals surface area contributed by atoms with Gasteiger partial charge in [-0.05, 0) is 17.7 Å². The molecule has 1 aliphatic heterocycles. The largest absolute Gasteiger partial charge is 0.443 e. The van der Waals surface area contributed by atoms with Crippen molar-refractivity contribution in [3.63, 3.8) is 0 Å². The average Bonchev–Trinajstić information content (AvgIpc) is 2.95. The van der Waals surface area contributed by atoms with Crippen molar-refractivity contribution in [3.8, 4) is 0 Å². The summed E-state index contributed by atoms with van der Waals surface area (Å²) in [6, 6.07) is 18.1. The van der Waals surface area contributed by atoms with Crippen LogP contribution in [0.1, 0.15) is 5.56 Å². The molecule has 1 saturated heterocycles. The van der Waals surface area contributed by atoms with Crippen molar-refractivity contribution in [2.45, 2.75) is 11.9 Å². The standard InChI is InChI=1S/C17H18N2O4S/c20-17-19(15-9-5-2-6-10-15)12-16(23-17)11-18-24(21,22)13-14-7-3-1-4-8-14/h1-10,16,18H,11-13H2. The predicted octanol–water partition coefficient (Wildman–Crippen LogP) is 2.13. The van der Waals surface area contributed by atoms with Crippen LogP contribution in [0.5, 0.6) is 0 Å². The van der Waals surface area contributed by atoms with Gasteiger partial charge < -0.3 is 4.74 Å². The van der Waals surface area contributed by atoms with Crippen molar-refractivity contribution in [1.29, 1.82) is 0 Å². The first kappa shape index (κ1) is 16.5. The van der Waals surface area contributed by atoms with Gasteiger partial charge in [0.05, 0.1) is 12.3 Å². The number of amides is 1. The topological polar surface area (TPSA) is 75.7 Å². The minimum absolute atomic E-state index is 0.0598. The van der Waals surface area contributed by atoms with Gasteiger partial charge in [-0.1, -0.05) is 48.5 Å². The molecule has 0 aliphatic carbocycles. The van der Waals surface area contributed by atoms with E-state index in [2.05, 4.69) is 4.72 Å². The Morgan fingerprint density at radius 3 is 2.33 bits per heavy atom. The molecule has 126 valence electrons. The minimum Gasteiger partial charge on any atom is -0.443 e. The van der Waals surface area contributed by atoms with Crippen molar-refractivity contribution in [3.05, 3.63) is 66.2 Å². The summed E-state index contributed by atoms with van der Waals surface area (Å²) in [6.07, 6.45) is -0.975. The maximum absolute atomic E-state index is 12.1. The molecular formula is C17H18N2O4S. The van der Waals surface area contributed by atoms with Crippen molar-refractivity contribution >= 4 is 21.8 Å². The van der Waals surface area contributed by atoms with Crippen LogP contribution in [0.3, 0.4) is 0 Å². The highest BCUT2D eigenvalue weighted by molar-refractivity contribution is 7.88. The molecule has 1 heterocycles. The van der Waals surface area contributed by atoms with Gasteiger partial charge in [0.1, 0.15) is 6.10 Å². The maximum Gasteiger partial charge on any atom is 0.414 e. The zero-order chi connectivity index (χ0) is 17.0. The predicted molar refractivity (Wildman–Crippen MR) is 91.1 cm³/mol. The highest BCUT2D eigenvalue weighted by Gasteiger charge is 2.32. The fourth-order valence-electron chi connectivity index (χ4n) is 2.51. The van der Waals surface area contributed by atoms with E-state index in [1.165, 1.54) is 4.90 Å². The van der Waals surface area contributed by atoms with E-state index in [4.69, 9.17) is 4.74 Å². The lowest BCUT2D eigenvalue weighted by Crippen LogP contribution is -2.35. The second kappa shape index (κ2) is 7.02. The fraction of sp³-hybridized carbons (Fsp3) is 0.235. The van der Waals surface area contributed by atoms with Gasteiger partial charge in [-0.25, -0.2) is 17.9 Å². The van der Waals surface area contributed by atoms with Crippen LogP contribution in [0.2, 0.25) is 0 Å². The van der Waals surface area contributed by atoms with Crippen LogP contribution < -0.4 is 9.62 Å². The molecule has 1 atom stereocenters. The number of nitrogens with zero attached hydrogens (tertiary/aromatic N) is 1. The van der Waals surface area contributed by atoms with E-state index in [0.29, 0.717) is 12.1 Å². The number of benzene rings is 2. The number of rotatable bonds is 6. The monoisotopic (exact) mass is 346 g/mol. The summed E-state index contributed by atoms with van der Waals surface area (Å²) >= 11 is 0. The molecule has 24 heavy (non-hydrogen) atoms. The number of carbonyl (C=O) groups is 1. The molecule has 1 aliphatic rings. The van der Waals surface area contributed by atoms with Gasteiger partial charge in [0.25, 0.3) is 0 Å².